The van der Waals surface area contributed by atoms with Crippen molar-refractivity contribution in [1.82, 2.24) is 0 Å². The lowest BCUT2D eigenvalue weighted by atomic mass is 10.2. The van der Waals surface area contributed by atoms with Gasteiger partial charge < -0.3 is 9.47 Å². The number of alkyl halides is 1. The van der Waals surface area contributed by atoms with Crippen LogP contribution >= 0.6 is 22.6 Å². The molecule has 0 spiro atoms. The molecule has 0 bridgehead atoms. The highest BCUT2D eigenvalue weighted by molar-refractivity contribution is 14.1. The largest absolute Gasteiger partial charge is 0.497 e. The minimum atomic E-state index is 0.653. The van der Waals surface area contributed by atoms with Crippen LogP contribution in [0.2, 0.25) is 0 Å². The van der Waals surface area contributed by atoms with E-state index < -0.39 is 0 Å². The van der Waals surface area contributed by atoms with Gasteiger partial charge in [-0.3, -0.25) is 0 Å². The Balaban J connectivity index is 2.24. The molecule has 0 fully saturated rings. The van der Waals surface area contributed by atoms with Gasteiger partial charge in [-0.15, -0.1) is 0 Å². The number of allylic oxidation sites excluding steroid dienone is 1. The molecule has 0 heterocycles. The standard InChI is InChI=1S/C15H21IO2/c1-13(4-3-10-16)9-11-18-12-14-5-7-15(17-2)8-6-14/h5-9H,3-4,10-12H2,1-2H3/b13-9+. The van der Waals surface area contributed by atoms with Crippen LogP contribution in [0.15, 0.2) is 35.9 Å². The summed E-state index contributed by atoms with van der Waals surface area (Å²) in [5.41, 5.74) is 2.59. The second-order valence-corrected chi connectivity index (χ2v) is 5.28. The summed E-state index contributed by atoms with van der Waals surface area (Å²) in [5.74, 6) is 0.883. The molecule has 1 aromatic rings. The van der Waals surface area contributed by atoms with E-state index in [9.17, 15) is 0 Å². The third kappa shape index (κ3) is 6.40. The SMILES string of the molecule is COc1ccc(COC/C=C(\C)CCCI)cc1. The molecule has 0 atom stereocenters. The maximum Gasteiger partial charge on any atom is 0.118 e. The number of hydrogen-bond acceptors (Lipinski definition) is 2. The van der Waals surface area contributed by atoms with Crippen molar-refractivity contribution in [2.24, 2.45) is 0 Å². The molecular formula is C15H21IO2. The van der Waals surface area contributed by atoms with E-state index in [1.165, 1.54) is 28.4 Å². The predicted molar refractivity (Wildman–Crippen MR) is 84.5 cm³/mol. The van der Waals surface area contributed by atoms with Crippen molar-refractivity contribution in [3.63, 3.8) is 0 Å². The van der Waals surface area contributed by atoms with Gasteiger partial charge in [0.25, 0.3) is 0 Å². The van der Waals surface area contributed by atoms with E-state index in [1.807, 2.05) is 24.3 Å². The van der Waals surface area contributed by atoms with Crippen LogP contribution in [0.25, 0.3) is 0 Å². The van der Waals surface area contributed by atoms with E-state index in [1.54, 1.807) is 7.11 Å². The summed E-state index contributed by atoms with van der Waals surface area (Å²) >= 11 is 2.41. The van der Waals surface area contributed by atoms with Crippen molar-refractivity contribution >= 4 is 22.6 Å². The van der Waals surface area contributed by atoms with Gasteiger partial charge in [-0.25, -0.2) is 0 Å². The molecule has 0 aliphatic rings. The molecule has 0 amide bonds. The van der Waals surface area contributed by atoms with E-state index in [4.69, 9.17) is 9.47 Å². The Kier molecular flexibility index (Phi) is 8.09. The van der Waals surface area contributed by atoms with Crippen LogP contribution < -0.4 is 4.74 Å². The molecule has 0 aromatic heterocycles. The Morgan fingerprint density at radius 3 is 2.61 bits per heavy atom. The van der Waals surface area contributed by atoms with Crippen LogP contribution in [0.1, 0.15) is 25.3 Å². The van der Waals surface area contributed by atoms with Gasteiger partial charge in [-0.05, 0) is 41.9 Å². The number of rotatable bonds is 8. The highest BCUT2D eigenvalue weighted by atomic mass is 127. The Morgan fingerprint density at radius 2 is 2.00 bits per heavy atom. The van der Waals surface area contributed by atoms with Crippen LogP contribution in [-0.2, 0) is 11.3 Å². The van der Waals surface area contributed by atoms with Gasteiger partial charge in [0.2, 0.25) is 0 Å². The lowest BCUT2D eigenvalue weighted by Crippen LogP contribution is -1.94. The summed E-state index contributed by atoms with van der Waals surface area (Å²) in [6.07, 6.45) is 4.60. The first-order valence-electron chi connectivity index (χ1n) is 6.18. The average Bonchev–Trinajstić information content (AvgIpc) is 2.42. The zero-order valence-electron chi connectivity index (χ0n) is 11.1. The number of halogens is 1. The molecule has 0 saturated carbocycles. The molecule has 1 aromatic carbocycles. The molecular weight excluding hydrogens is 339 g/mol. The number of hydrogen-bond donors (Lipinski definition) is 0. The number of ether oxygens (including phenoxy) is 2. The molecule has 100 valence electrons. The summed E-state index contributed by atoms with van der Waals surface area (Å²) in [7, 11) is 1.68. The van der Waals surface area contributed by atoms with Gasteiger partial charge in [0, 0.05) is 0 Å². The zero-order chi connectivity index (χ0) is 13.2. The minimum absolute atomic E-state index is 0.653. The Bertz CT molecular complexity index is 357. The van der Waals surface area contributed by atoms with Crippen LogP contribution in [0.5, 0.6) is 5.75 Å². The summed E-state index contributed by atoms with van der Waals surface area (Å²) in [6.45, 7) is 3.52. The maximum atomic E-state index is 5.62. The molecule has 0 N–H and O–H groups in total. The van der Waals surface area contributed by atoms with Crippen molar-refractivity contribution in [1.29, 1.82) is 0 Å². The van der Waals surface area contributed by atoms with Gasteiger partial charge in [0.15, 0.2) is 0 Å². The first-order valence-corrected chi connectivity index (χ1v) is 7.71. The van der Waals surface area contributed by atoms with E-state index in [2.05, 4.69) is 35.6 Å². The van der Waals surface area contributed by atoms with E-state index >= 15 is 0 Å². The van der Waals surface area contributed by atoms with Gasteiger partial charge >= 0.3 is 0 Å². The molecule has 2 nitrogen and oxygen atoms in total. The van der Waals surface area contributed by atoms with Crippen molar-refractivity contribution in [2.45, 2.75) is 26.4 Å². The molecule has 0 aliphatic heterocycles. The molecule has 0 unspecified atom stereocenters. The Labute approximate surface area is 124 Å². The topological polar surface area (TPSA) is 18.5 Å². The van der Waals surface area contributed by atoms with E-state index in [0.29, 0.717) is 13.2 Å². The molecule has 18 heavy (non-hydrogen) atoms. The van der Waals surface area contributed by atoms with Crippen molar-refractivity contribution in [2.75, 3.05) is 18.1 Å². The lowest BCUT2D eigenvalue weighted by Gasteiger charge is -2.04. The first kappa shape index (κ1) is 15.5. The first-order chi connectivity index (χ1) is 8.76. The molecule has 0 saturated heterocycles. The quantitative estimate of drug-likeness (QED) is 0.297. The second-order valence-electron chi connectivity index (χ2n) is 4.21. The second kappa shape index (κ2) is 9.39. The van der Waals surface area contributed by atoms with Gasteiger partial charge in [0.1, 0.15) is 5.75 Å². The van der Waals surface area contributed by atoms with Crippen LogP contribution in [0, 0.1) is 0 Å². The van der Waals surface area contributed by atoms with Crippen LogP contribution in [0.4, 0.5) is 0 Å². The molecule has 0 radical (unpaired) electrons. The number of methoxy groups -OCH3 is 1. The molecule has 0 aliphatic carbocycles. The van der Waals surface area contributed by atoms with Gasteiger partial charge in [-0.1, -0.05) is 46.4 Å². The average molecular weight is 360 g/mol. The third-order valence-electron chi connectivity index (χ3n) is 2.68. The van der Waals surface area contributed by atoms with Crippen molar-refractivity contribution in [3.05, 3.63) is 41.5 Å². The third-order valence-corrected chi connectivity index (χ3v) is 3.44. The molecule has 1 rings (SSSR count). The van der Waals surface area contributed by atoms with Crippen molar-refractivity contribution in [3.8, 4) is 5.75 Å². The van der Waals surface area contributed by atoms with E-state index in [-0.39, 0.29) is 0 Å². The van der Waals surface area contributed by atoms with Gasteiger partial charge in [-0.2, -0.15) is 0 Å². The van der Waals surface area contributed by atoms with Crippen LogP contribution in [0.3, 0.4) is 0 Å². The Morgan fingerprint density at radius 1 is 1.28 bits per heavy atom. The summed E-state index contributed by atoms with van der Waals surface area (Å²) in [6, 6.07) is 7.98. The highest BCUT2D eigenvalue weighted by Gasteiger charge is 1.94. The van der Waals surface area contributed by atoms with Crippen molar-refractivity contribution < 1.29 is 9.47 Å². The predicted octanol–water partition coefficient (Wildman–Crippen LogP) is 4.37. The maximum absolute atomic E-state index is 5.62. The smallest absolute Gasteiger partial charge is 0.118 e. The van der Waals surface area contributed by atoms with Gasteiger partial charge in [0.05, 0.1) is 20.3 Å². The minimum Gasteiger partial charge on any atom is -0.497 e. The summed E-state index contributed by atoms with van der Waals surface area (Å²) in [5, 5.41) is 0. The lowest BCUT2D eigenvalue weighted by molar-refractivity contribution is 0.148. The fourth-order valence-electron chi connectivity index (χ4n) is 1.55. The fourth-order valence-corrected chi connectivity index (χ4v) is 1.93. The monoisotopic (exact) mass is 360 g/mol. The Hall–Kier alpha value is -0.550. The van der Waals surface area contributed by atoms with E-state index in [0.717, 1.165) is 5.75 Å². The highest BCUT2D eigenvalue weighted by Crippen LogP contribution is 2.12. The zero-order valence-corrected chi connectivity index (χ0v) is 13.3. The number of benzene rings is 1. The fraction of sp³-hybridized carbons (Fsp3) is 0.467. The van der Waals surface area contributed by atoms with Crippen LogP contribution in [-0.4, -0.2) is 18.1 Å². The summed E-state index contributed by atoms with van der Waals surface area (Å²) in [4.78, 5) is 0. The normalized spacial score (nSPS) is 11.6. The summed E-state index contributed by atoms with van der Waals surface area (Å²) < 4.78 is 12.0. The molecule has 3 heteroatoms.